The van der Waals surface area contributed by atoms with E-state index in [0.29, 0.717) is 0 Å². The van der Waals surface area contributed by atoms with E-state index in [4.69, 9.17) is 10.5 Å². The smallest absolute Gasteiger partial charge is 0.142 e. The van der Waals surface area contributed by atoms with Gasteiger partial charge in [0.1, 0.15) is 5.75 Å². The number of hydrogen-bond donors (Lipinski definition) is 1. The van der Waals surface area contributed by atoms with Crippen LogP contribution in [0.5, 0.6) is 5.75 Å². The molecule has 1 aromatic rings. The van der Waals surface area contributed by atoms with Crippen molar-refractivity contribution in [1.82, 2.24) is 0 Å². The highest BCUT2D eigenvalue weighted by Crippen LogP contribution is 2.26. The lowest BCUT2D eigenvalue weighted by Crippen LogP contribution is -1.96. The minimum Gasteiger partial charge on any atom is -0.495 e. The lowest BCUT2D eigenvalue weighted by molar-refractivity contribution is 0.416. The maximum absolute atomic E-state index is 5.77. The zero-order valence-electron chi connectivity index (χ0n) is 7.14. The summed E-state index contributed by atoms with van der Waals surface area (Å²) < 4.78 is 5.06. The number of nitrogen functional groups attached to an aromatic ring is 1. The number of benzene rings is 1. The van der Waals surface area contributed by atoms with E-state index in [2.05, 4.69) is 0 Å². The van der Waals surface area contributed by atoms with Crippen molar-refractivity contribution in [1.29, 1.82) is 0 Å². The summed E-state index contributed by atoms with van der Waals surface area (Å²) in [6.07, 6.45) is 0. The monoisotopic (exact) mass is 151 g/mol. The summed E-state index contributed by atoms with van der Waals surface area (Å²) in [5, 5.41) is 0. The Hall–Kier alpha value is -1.18. The molecule has 2 nitrogen and oxygen atoms in total. The highest BCUT2D eigenvalue weighted by molar-refractivity contribution is 5.60. The van der Waals surface area contributed by atoms with Crippen LogP contribution in [0.3, 0.4) is 0 Å². The summed E-state index contributed by atoms with van der Waals surface area (Å²) in [5.74, 6) is 0.758. The van der Waals surface area contributed by atoms with Crippen LogP contribution in [-0.2, 0) is 0 Å². The van der Waals surface area contributed by atoms with Gasteiger partial charge in [0, 0.05) is 0 Å². The Morgan fingerprint density at radius 1 is 1.27 bits per heavy atom. The van der Waals surface area contributed by atoms with Gasteiger partial charge in [-0.1, -0.05) is 6.07 Å². The minimum absolute atomic E-state index is 0.743. The fraction of sp³-hybridized carbons (Fsp3) is 0.333. The third kappa shape index (κ3) is 1.29. The van der Waals surface area contributed by atoms with E-state index in [1.54, 1.807) is 7.11 Å². The quantitative estimate of drug-likeness (QED) is 0.622. The van der Waals surface area contributed by atoms with Crippen LogP contribution in [-0.4, -0.2) is 7.11 Å². The standard InChI is InChI=1S/C9H13NO/c1-6-4-5-8(11-3)9(10)7(6)2/h4-5H,10H2,1-3H3. The Morgan fingerprint density at radius 2 is 1.91 bits per heavy atom. The van der Waals surface area contributed by atoms with Gasteiger partial charge in [-0.15, -0.1) is 0 Å². The normalized spacial score (nSPS) is 9.73. The van der Waals surface area contributed by atoms with Crippen LogP contribution < -0.4 is 10.5 Å². The molecule has 60 valence electrons. The second-order valence-corrected chi connectivity index (χ2v) is 2.62. The SMILES string of the molecule is COc1ccc(C)c(C)c1N. The van der Waals surface area contributed by atoms with E-state index in [1.165, 1.54) is 5.56 Å². The molecule has 2 N–H and O–H groups in total. The van der Waals surface area contributed by atoms with Gasteiger partial charge in [0.15, 0.2) is 0 Å². The molecule has 0 saturated carbocycles. The predicted octanol–water partition coefficient (Wildman–Crippen LogP) is 1.89. The van der Waals surface area contributed by atoms with E-state index in [0.717, 1.165) is 17.0 Å². The van der Waals surface area contributed by atoms with Gasteiger partial charge in [-0.25, -0.2) is 0 Å². The summed E-state index contributed by atoms with van der Waals surface area (Å²) >= 11 is 0. The predicted molar refractivity (Wildman–Crippen MR) is 46.9 cm³/mol. The third-order valence-corrected chi connectivity index (χ3v) is 1.97. The van der Waals surface area contributed by atoms with Gasteiger partial charge in [0.25, 0.3) is 0 Å². The maximum atomic E-state index is 5.77. The van der Waals surface area contributed by atoms with Crippen molar-refractivity contribution in [2.45, 2.75) is 13.8 Å². The largest absolute Gasteiger partial charge is 0.495 e. The van der Waals surface area contributed by atoms with Gasteiger partial charge >= 0.3 is 0 Å². The zero-order valence-corrected chi connectivity index (χ0v) is 7.14. The number of anilines is 1. The van der Waals surface area contributed by atoms with E-state index in [1.807, 2.05) is 26.0 Å². The van der Waals surface area contributed by atoms with E-state index < -0.39 is 0 Å². The Kier molecular flexibility index (Phi) is 2.03. The number of rotatable bonds is 1. The first-order valence-electron chi connectivity index (χ1n) is 3.56. The molecule has 11 heavy (non-hydrogen) atoms. The fourth-order valence-electron chi connectivity index (χ4n) is 0.991. The maximum Gasteiger partial charge on any atom is 0.142 e. The van der Waals surface area contributed by atoms with Crippen molar-refractivity contribution < 1.29 is 4.74 Å². The molecule has 0 saturated heterocycles. The molecule has 0 atom stereocenters. The topological polar surface area (TPSA) is 35.2 Å². The first-order chi connectivity index (χ1) is 5.16. The molecule has 0 radical (unpaired) electrons. The molecule has 0 aromatic heterocycles. The molecule has 0 aliphatic rings. The molecule has 0 spiro atoms. The number of aryl methyl sites for hydroxylation is 1. The Bertz CT molecular complexity index is 269. The van der Waals surface area contributed by atoms with Crippen molar-refractivity contribution in [3.63, 3.8) is 0 Å². The van der Waals surface area contributed by atoms with Gasteiger partial charge in [0.2, 0.25) is 0 Å². The van der Waals surface area contributed by atoms with E-state index >= 15 is 0 Å². The number of nitrogens with two attached hydrogens (primary N) is 1. The van der Waals surface area contributed by atoms with Gasteiger partial charge in [-0.2, -0.15) is 0 Å². The molecule has 0 amide bonds. The van der Waals surface area contributed by atoms with Crippen LogP contribution in [0, 0.1) is 13.8 Å². The number of hydrogen-bond acceptors (Lipinski definition) is 2. The molecule has 0 aliphatic heterocycles. The van der Waals surface area contributed by atoms with Crippen LogP contribution in [0.25, 0.3) is 0 Å². The molecule has 0 unspecified atom stereocenters. The first-order valence-corrected chi connectivity index (χ1v) is 3.56. The van der Waals surface area contributed by atoms with Crippen molar-refractivity contribution in [2.75, 3.05) is 12.8 Å². The van der Waals surface area contributed by atoms with Crippen LogP contribution in [0.2, 0.25) is 0 Å². The van der Waals surface area contributed by atoms with E-state index in [-0.39, 0.29) is 0 Å². The Labute approximate surface area is 67.0 Å². The van der Waals surface area contributed by atoms with E-state index in [9.17, 15) is 0 Å². The highest BCUT2D eigenvalue weighted by Gasteiger charge is 2.02. The van der Waals surface area contributed by atoms with Crippen molar-refractivity contribution in [3.05, 3.63) is 23.3 Å². The molecular formula is C9H13NO. The van der Waals surface area contributed by atoms with Crippen molar-refractivity contribution in [3.8, 4) is 5.75 Å². The van der Waals surface area contributed by atoms with Crippen molar-refractivity contribution >= 4 is 5.69 Å². The molecule has 0 aliphatic carbocycles. The molecule has 1 rings (SSSR count). The number of ether oxygens (including phenoxy) is 1. The van der Waals surface area contributed by atoms with Gasteiger partial charge < -0.3 is 10.5 Å². The van der Waals surface area contributed by atoms with Gasteiger partial charge in [-0.05, 0) is 31.0 Å². The summed E-state index contributed by atoms with van der Waals surface area (Å²) in [4.78, 5) is 0. The average molecular weight is 151 g/mol. The summed E-state index contributed by atoms with van der Waals surface area (Å²) in [6, 6.07) is 3.89. The zero-order chi connectivity index (χ0) is 8.43. The average Bonchev–Trinajstić information content (AvgIpc) is 2.01. The second kappa shape index (κ2) is 2.82. The lowest BCUT2D eigenvalue weighted by Gasteiger charge is -2.08. The fourth-order valence-corrected chi connectivity index (χ4v) is 0.991. The first kappa shape index (κ1) is 7.92. The Balaban J connectivity index is 3.25. The van der Waals surface area contributed by atoms with Gasteiger partial charge in [0.05, 0.1) is 12.8 Å². The third-order valence-electron chi connectivity index (χ3n) is 1.97. The lowest BCUT2D eigenvalue weighted by atomic mass is 10.1. The summed E-state index contributed by atoms with van der Waals surface area (Å²) in [7, 11) is 1.63. The molecule has 0 heterocycles. The molecule has 0 bridgehead atoms. The highest BCUT2D eigenvalue weighted by atomic mass is 16.5. The number of methoxy groups -OCH3 is 1. The summed E-state index contributed by atoms with van der Waals surface area (Å²) in [5.41, 5.74) is 8.81. The van der Waals surface area contributed by atoms with Gasteiger partial charge in [-0.3, -0.25) is 0 Å². The van der Waals surface area contributed by atoms with Crippen LogP contribution in [0.15, 0.2) is 12.1 Å². The van der Waals surface area contributed by atoms with Crippen molar-refractivity contribution in [2.24, 2.45) is 0 Å². The minimum atomic E-state index is 0.743. The van der Waals surface area contributed by atoms with Crippen LogP contribution in [0.1, 0.15) is 11.1 Å². The van der Waals surface area contributed by atoms with Crippen LogP contribution in [0.4, 0.5) is 5.69 Å². The Morgan fingerprint density at radius 3 is 2.45 bits per heavy atom. The molecule has 2 heteroatoms. The molecular weight excluding hydrogens is 138 g/mol. The van der Waals surface area contributed by atoms with Crippen LogP contribution >= 0.6 is 0 Å². The molecule has 1 aromatic carbocycles. The second-order valence-electron chi connectivity index (χ2n) is 2.62. The molecule has 0 fully saturated rings. The summed E-state index contributed by atoms with van der Waals surface area (Å²) in [6.45, 7) is 4.03.